The summed E-state index contributed by atoms with van der Waals surface area (Å²) in [6.07, 6.45) is 3.88. The number of halogens is 2. The average molecular weight is 208 g/mol. The van der Waals surface area contributed by atoms with Gasteiger partial charge in [0.2, 0.25) is 0 Å². The van der Waals surface area contributed by atoms with Crippen LogP contribution in [0.5, 0.6) is 0 Å². The second-order valence-electron chi connectivity index (χ2n) is 4.00. The maximum atomic E-state index is 13.3. The molecule has 1 fully saturated rings. The zero-order valence-corrected chi connectivity index (χ0v) is 8.55. The van der Waals surface area contributed by atoms with Gasteiger partial charge in [-0.3, -0.25) is 0 Å². The molecular formula is C13H14F2. The van der Waals surface area contributed by atoms with Crippen molar-refractivity contribution >= 4 is 6.08 Å². The molecular weight excluding hydrogens is 194 g/mol. The summed E-state index contributed by atoms with van der Waals surface area (Å²) in [7, 11) is 0. The molecule has 0 bridgehead atoms. The van der Waals surface area contributed by atoms with Gasteiger partial charge in [-0.05, 0) is 31.7 Å². The zero-order chi connectivity index (χ0) is 10.7. The van der Waals surface area contributed by atoms with Crippen LogP contribution in [0.2, 0.25) is 0 Å². The Morgan fingerprint density at radius 2 is 1.80 bits per heavy atom. The molecule has 1 aromatic rings. The van der Waals surface area contributed by atoms with Gasteiger partial charge in [0.15, 0.2) is 0 Å². The van der Waals surface area contributed by atoms with E-state index in [9.17, 15) is 8.78 Å². The van der Waals surface area contributed by atoms with Crippen LogP contribution in [-0.4, -0.2) is 6.17 Å². The van der Waals surface area contributed by atoms with Gasteiger partial charge in [0.25, 0.3) is 0 Å². The quantitative estimate of drug-likeness (QED) is 0.651. The number of allylic oxidation sites excluding steroid dienone is 1. The molecule has 0 heterocycles. The van der Waals surface area contributed by atoms with Crippen molar-refractivity contribution in [2.45, 2.75) is 31.9 Å². The molecule has 15 heavy (non-hydrogen) atoms. The summed E-state index contributed by atoms with van der Waals surface area (Å²) >= 11 is 0. The van der Waals surface area contributed by atoms with E-state index in [4.69, 9.17) is 0 Å². The standard InChI is InChI=1S/C13H14F2/c14-12-7-5-10(6-8-12)9-11-3-1-2-4-13(11)15/h1-4,9,12H,5-8H2. The molecule has 0 radical (unpaired) electrons. The van der Waals surface area contributed by atoms with Crippen molar-refractivity contribution in [3.63, 3.8) is 0 Å². The number of alkyl halides is 1. The molecule has 0 aromatic heterocycles. The molecule has 0 amide bonds. The first-order valence-electron chi connectivity index (χ1n) is 5.34. The van der Waals surface area contributed by atoms with E-state index in [1.54, 1.807) is 12.1 Å². The minimum atomic E-state index is -0.664. The first-order chi connectivity index (χ1) is 7.25. The van der Waals surface area contributed by atoms with Gasteiger partial charge in [0.05, 0.1) is 0 Å². The summed E-state index contributed by atoms with van der Waals surface area (Å²) in [5, 5.41) is 0. The van der Waals surface area contributed by atoms with Crippen molar-refractivity contribution in [3.8, 4) is 0 Å². The van der Waals surface area contributed by atoms with Crippen LogP contribution in [0.25, 0.3) is 6.08 Å². The molecule has 1 saturated carbocycles. The summed E-state index contributed by atoms with van der Waals surface area (Å²) in [5.74, 6) is -0.202. The van der Waals surface area contributed by atoms with Gasteiger partial charge in [0.1, 0.15) is 12.0 Å². The Morgan fingerprint density at radius 3 is 2.47 bits per heavy atom. The third-order valence-corrected chi connectivity index (χ3v) is 2.82. The Bertz CT molecular complexity index is 359. The van der Waals surface area contributed by atoms with Gasteiger partial charge in [-0.15, -0.1) is 0 Å². The first kappa shape index (κ1) is 10.3. The molecule has 0 aliphatic heterocycles. The van der Waals surface area contributed by atoms with Gasteiger partial charge in [0, 0.05) is 5.56 Å². The Morgan fingerprint density at radius 1 is 1.13 bits per heavy atom. The molecule has 0 saturated heterocycles. The van der Waals surface area contributed by atoms with E-state index in [0.717, 1.165) is 18.4 Å². The monoisotopic (exact) mass is 208 g/mol. The molecule has 1 aliphatic carbocycles. The minimum absolute atomic E-state index is 0.202. The number of rotatable bonds is 1. The van der Waals surface area contributed by atoms with E-state index in [0.29, 0.717) is 18.4 Å². The van der Waals surface area contributed by atoms with Crippen molar-refractivity contribution in [3.05, 3.63) is 41.2 Å². The fraction of sp³-hybridized carbons (Fsp3) is 0.385. The topological polar surface area (TPSA) is 0 Å². The van der Waals surface area contributed by atoms with E-state index in [1.165, 1.54) is 6.07 Å². The lowest BCUT2D eigenvalue weighted by Crippen LogP contribution is -2.07. The van der Waals surface area contributed by atoms with Crippen LogP contribution in [0.1, 0.15) is 31.2 Å². The predicted molar refractivity (Wildman–Crippen MR) is 57.7 cm³/mol. The summed E-state index contributed by atoms with van der Waals surface area (Å²) in [6.45, 7) is 0. The number of hydrogen-bond donors (Lipinski definition) is 0. The lowest BCUT2D eigenvalue weighted by Gasteiger charge is -2.17. The highest BCUT2D eigenvalue weighted by molar-refractivity contribution is 5.53. The predicted octanol–water partition coefficient (Wildman–Crippen LogP) is 4.12. The van der Waals surface area contributed by atoms with Crippen LogP contribution in [0, 0.1) is 5.82 Å². The molecule has 0 N–H and O–H groups in total. The molecule has 1 aliphatic rings. The summed E-state index contributed by atoms with van der Waals surface area (Å²) in [6, 6.07) is 6.70. The Labute approximate surface area is 88.6 Å². The van der Waals surface area contributed by atoms with Gasteiger partial charge in [-0.1, -0.05) is 29.8 Å². The van der Waals surface area contributed by atoms with Crippen molar-refractivity contribution in [1.29, 1.82) is 0 Å². The fourth-order valence-electron chi connectivity index (χ4n) is 1.91. The summed E-state index contributed by atoms with van der Waals surface area (Å²) in [5.41, 5.74) is 1.78. The van der Waals surface area contributed by atoms with Crippen LogP contribution in [0.15, 0.2) is 29.8 Å². The van der Waals surface area contributed by atoms with E-state index in [-0.39, 0.29) is 5.82 Å². The second kappa shape index (κ2) is 4.56. The Balaban J connectivity index is 2.13. The van der Waals surface area contributed by atoms with Gasteiger partial charge < -0.3 is 0 Å². The molecule has 2 heteroatoms. The zero-order valence-electron chi connectivity index (χ0n) is 8.55. The minimum Gasteiger partial charge on any atom is -0.247 e. The van der Waals surface area contributed by atoms with E-state index < -0.39 is 6.17 Å². The molecule has 0 unspecified atom stereocenters. The van der Waals surface area contributed by atoms with E-state index in [1.807, 2.05) is 12.1 Å². The first-order valence-corrected chi connectivity index (χ1v) is 5.34. The van der Waals surface area contributed by atoms with Crippen molar-refractivity contribution in [2.24, 2.45) is 0 Å². The highest BCUT2D eigenvalue weighted by atomic mass is 19.1. The van der Waals surface area contributed by atoms with Crippen molar-refractivity contribution in [2.75, 3.05) is 0 Å². The van der Waals surface area contributed by atoms with Crippen LogP contribution in [0.4, 0.5) is 8.78 Å². The smallest absolute Gasteiger partial charge is 0.130 e. The molecule has 0 atom stereocenters. The highest BCUT2D eigenvalue weighted by Gasteiger charge is 2.15. The Hall–Kier alpha value is -1.18. The number of benzene rings is 1. The fourth-order valence-corrected chi connectivity index (χ4v) is 1.91. The average Bonchev–Trinajstić information content (AvgIpc) is 2.25. The van der Waals surface area contributed by atoms with E-state index in [2.05, 4.69) is 0 Å². The van der Waals surface area contributed by atoms with Gasteiger partial charge in [-0.25, -0.2) is 8.78 Å². The van der Waals surface area contributed by atoms with Crippen molar-refractivity contribution in [1.82, 2.24) is 0 Å². The SMILES string of the molecule is Fc1ccccc1C=C1CCC(F)CC1. The van der Waals surface area contributed by atoms with Crippen molar-refractivity contribution < 1.29 is 8.78 Å². The molecule has 0 nitrogen and oxygen atoms in total. The summed E-state index contributed by atoms with van der Waals surface area (Å²) in [4.78, 5) is 0. The molecule has 0 spiro atoms. The summed E-state index contributed by atoms with van der Waals surface area (Å²) < 4.78 is 26.2. The highest BCUT2D eigenvalue weighted by Crippen LogP contribution is 2.27. The van der Waals surface area contributed by atoms with E-state index >= 15 is 0 Å². The maximum absolute atomic E-state index is 13.3. The normalized spacial score (nSPS) is 21.5. The Kier molecular flexibility index (Phi) is 3.14. The maximum Gasteiger partial charge on any atom is 0.130 e. The van der Waals surface area contributed by atoms with Gasteiger partial charge >= 0.3 is 0 Å². The number of hydrogen-bond acceptors (Lipinski definition) is 0. The lowest BCUT2D eigenvalue weighted by molar-refractivity contribution is 0.277. The molecule has 2 rings (SSSR count). The third-order valence-electron chi connectivity index (χ3n) is 2.82. The largest absolute Gasteiger partial charge is 0.247 e. The van der Waals surface area contributed by atoms with Gasteiger partial charge in [-0.2, -0.15) is 0 Å². The van der Waals surface area contributed by atoms with Crippen LogP contribution >= 0.6 is 0 Å². The third kappa shape index (κ3) is 2.65. The molecule has 80 valence electrons. The lowest BCUT2D eigenvalue weighted by atomic mass is 9.92. The second-order valence-corrected chi connectivity index (χ2v) is 4.00. The molecule has 1 aromatic carbocycles. The van der Waals surface area contributed by atoms with Crippen LogP contribution in [-0.2, 0) is 0 Å². The van der Waals surface area contributed by atoms with Crippen LogP contribution in [0.3, 0.4) is 0 Å². The van der Waals surface area contributed by atoms with Crippen LogP contribution < -0.4 is 0 Å².